The van der Waals surface area contributed by atoms with E-state index in [2.05, 4.69) is 9.47 Å². The van der Waals surface area contributed by atoms with Crippen LogP contribution in [0.1, 0.15) is 10.4 Å². The maximum Gasteiger partial charge on any atom is 0.522 e. The maximum atomic E-state index is 13.0. The first kappa shape index (κ1) is 14.2. The van der Waals surface area contributed by atoms with Crippen molar-refractivity contribution in [1.29, 1.82) is 0 Å². The highest BCUT2D eigenvalue weighted by atomic mass is 19.4. The second-order valence-corrected chi connectivity index (χ2v) is 3.17. The van der Waals surface area contributed by atoms with Crippen molar-refractivity contribution in [2.45, 2.75) is 6.36 Å². The summed E-state index contributed by atoms with van der Waals surface area (Å²) in [7, 11) is 0. The van der Waals surface area contributed by atoms with E-state index in [0.29, 0.717) is 0 Å². The molecule has 0 aliphatic carbocycles. The van der Waals surface area contributed by atoms with E-state index in [1.165, 1.54) is 6.07 Å². The van der Waals surface area contributed by atoms with Crippen LogP contribution in [0.4, 0.5) is 23.2 Å². The highest BCUT2D eigenvalue weighted by Crippen LogP contribution is 2.16. The topological polar surface area (TPSA) is 61.6 Å². The fourth-order valence-electron chi connectivity index (χ4n) is 1.03. The number of carbonyl (C=O) groups is 1. The maximum absolute atomic E-state index is 13.0. The summed E-state index contributed by atoms with van der Waals surface area (Å²) >= 11 is 0. The standard InChI is InChI=1S/C10H9F4NO3/c11-7-5-6(1-2-8(7)15)9(16)17-3-4-18-10(12,13)14/h1-2,5H,3-4,15H2. The number of carbonyl (C=O) groups excluding carboxylic acids is 1. The number of esters is 1. The molecule has 0 heterocycles. The average molecular weight is 267 g/mol. The molecule has 0 saturated carbocycles. The highest BCUT2D eigenvalue weighted by molar-refractivity contribution is 5.89. The molecule has 0 amide bonds. The normalized spacial score (nSPS) is 11.3. The number of benzene rings is 1. The molecule has 0 bridgehead atoms. The van der Waals surface area contributed by atoms with Crippen LogP contribution in [0.2, 0.25) is 0 Å². The summed E-state index contributed by atoms with van der Waals surface area (Å²) in [4.78, 5) is 11.3. The number of rotatable bonds is 4. The zero-order valence-corrected chi connectivity index (χ0v) is 8.96. The summed E-state index contributed by atoms with van der Waals surface area (Å²) < 4.78 is 55.5. The average Bonchev–Trinajstić information content (AvgIpc) is 2.26. The van der Waals surface area contributed by atoms with Crippen molar-refractivity contribution >= 4 is 11.7 Å². The van der Waals surface area contributed by atoms with Crippen molar-refractivity contribution in [1.82, 2.24) is 0 Å². The SMILES string of the molecule is Nc1ccc(C(=O)OCCOC(F)(F)F)cc1F. The first-order valence-electron chi connectivity index (χ1n) is 4.72. The molecule has 18 heavy (non-hydrogen) atoms. The third kappa shape index (κ3) is 4.58. The minimum atomic E-state index is -4.78. The molecule has 100 valence electrons. The van der Waals surface area contributed by atoms with Crippen LogP contribution in [0.3, 0.4) is 0 Å². The number of halogens is 4. The molecule has 0 atom stereocenters. The summed E-state index contributed by atoms with van der Waals surface area (Å²) in [5, 5.41) is 0. The van der Waals surface area contributed by atoms with E-state index < -0.39 is 31.4 Å². The number of alkyl halides is 3. The van der Waals surface area contributed by atoms with Gasteiger partial charge in [0, 0.05) is 0 Å². The predicted molar refractivity (Wildman–Crippen MR) is 53.1 cm³/mol. The molecule has 1 rings (SSSR count). The largest absolute Gasteiger partial charge is 0.522 e. The van der Waals surface area contributed by atoms with E-state index in [1.54, 1.807) is 0 Å². The van der Waals surface area contributed by atoms with E-state index in [4.69, 9.17) is 5.73 Å². The number of hydrogen-bond donors (Lipinski definition) is 1. The number of anilines is 1. The molecule has 0 aromatic heterocycles. The Morgan fingerprint density at radius 2 is 1.94 bits per heavy atom. The van der Waals surface area contributed by atoms with Crippen molar-refractivity contribution in [3.63, 3.8) is 0 Å². The Morgan fingerprint density at radius 1 is 1.28 bits per heavy atom. The molecule has 0 unspecified atom stereocenters. The van der Waals surface area contributed by atoms with Crippen molar-refractivity contribution in [2.75, 3.05) is 18.9 Å². The van der Waals surface area contributed by atoms with Gasteiger partial charge in [-0.05, 0) is 18.2 Å². The van der Waals surface area contributed by atoms with Gasteiger partial charge < -0.3 is 10.5 Å². The van der Waals surface area contributed by atoms with Crippen molar-refractivity contribution in [3.05, 3.63) is 29.6 Å². The number of nitrogen functional groups attached to an aromatic ring is 1. The summed E-state index contributed by atoms with van der Waals surface area (Å²) in [6, 6.07) is 3.19. The molecule has 0 aliphatic rings. The summed E-state index contributed by atoms with van der Waals surface area (Å²) in [6.45, 7) is -1.42. The molecule has 1 aromatic carbocycles. The monoisotopic (exact) mass is 267 g/mol. The van der Waals surface area contributed by atoms with Gasteiger partial charge in [0.05, 0.1) is 17.9 Å². The van der Waals surface area contributed by atoms with Gasteiger partial charge in [-0.1, -0.05) is 0 Å². The summed E-state index contributed by atoms with van der Waals surface area (Å²) in [5.41, 5.74) is 4.90. The number of nitrogens with two attached hydrogens (primary N) is 1. The Kier molecular flexibility index (Phi) is 4.49. The molecule has 0 aliphatic heterocycles. The van der Waals surface area contributed by atoms with E-state index >= 15 is 0 Å². The molecular formula is C10H9F4NO3. The lowest BCUT2D eigenvalue weighted by Crippen LogP contribution is -2.18. The van der Waals surface area contributed by atoms with Crippen molar-refractivity contribution in [3.8, 4) is 0 Å². The second kappa shape index (κ2) is 5.67. The van der Waals surface area contributed by atoms with Gasteiger partial charge in [0.15, 0.2) is 0 Å². The highest BCUT2D eigenvalue weighted by Gasteiger charge is 2.28. The molecule has 0 radical (unpaired) electrons. The smallest absolute Gasteiger partial charge is 0.460 e. The van der Waals surface area contributed by atoms with Crippen molar-refractivity contribution in [2.24, 2.45) is 0 Å². The molecule has 2 N–H and O–H groups in total. The molecule has 0 fully saturated rings. The van der Waals surface area contributed by atoms with Gasteiger partial charge in [-0.2, -0.15) is 0 Å². The zero-order valence-electron chi connectivity index (χ0n) is 8.96. The second-order valence-electron chi connectivity index (χ2n) is 3.17. The molecule has 0 spiro atoms. The van der Waals surface area contributed by atoms with Crippen LogP contribution in [0, 0.1) is 5.82 Å². The molecular weight excluding hydrogens is 258 g/mol. The third-order valence-corrected chi connectivity index (χ3v) is 1.82. The Balaban J connectivity index is 2.43. The molecule has 0 saturated heterocycles. The quantitative estimate of drug-likeness (QED) is 0.393. The van der Waals surface area contributed by atoms with Crippen LogP contribution >= 0.6 is 0 Å². The first-order chi connectivity index (χ1) is 8.29. The van der Waals surface area contributed by atoms with Crippen LogP contribution in [-0.2, 0) is 9.47 Å². The van der Waals surface area contributed by atoms with Gasteiger partial charge in [0.2, 0.25) is 0 Å². The van der Waals surface area contributed by atoms with E-state index in [9.17, 15) is 22.4 Å². The van der Waals surface area contributed by atoms with Gasteiger partial charge in [-0.15, -0.1) is 13.2 Å². The number of ether oxygens (including phenoxy) is 2. The Bertz CT molecular complexity index is 434. The van der Waals surface area contributed by atoms with Crippen LogP contribution in [0.25, 0.3) is 0 Å². The lowest BCUT2D eigenvalue weighted by Gasteiger charge is -2.08. The van der Waals surface area contributed by atoms with Crippen molar-refractivity contribution < 1.29 is 31.8 Å². The van der Waals surface area contributed by atoms with E-state index in [1.807, 2.05) is 0 Å². The van der Waals surface area contributed by atoms with Gasteiger partial charge in [-0.25, -0.2) is 9.18 Å². The van der Waals surface area contributed by atoms with Crippen LogP contribution in [-0.4, -0.2) is 25.5 Å². The zero-order chi connectivity index (χ0) is 13.8. The summed E-state index contributed by atoms with van der Waals surface area (Å²) in [5.74, 6) is -1.77. The fourth-order valence-corrected chi connectivity index (χ4v) is 1.03. The Morgan fingerprint density at radius 3 is 2.50 bits per heavy atom. The Hall–Kier alpha value is -1.83. The molecule has 8 heteroatoms. The van der Waals surface area contributed by atoms with E-state index in [0.717, 1.165) is 12.1 Å². The van der Waals surface area contributed by atoms with Gasteiger partial charge in [-0.3, -0.25) is 4.74 Å². The third-order valence-electron chi connectivity index (χ3n) is 1.82. The minimum absolute atomic E-state index is 0.145. The van der Waals surface area contributed by atoms with E-state index in [-0.39, 0.29) is 11.3 Å². The summed E-state index contributed by atoms with van der Waals surface area (Å²) in [6.07, 6.45) is -4.78. The molecule has 1 aromatic rings. The predicted octanol–water partition coefficient (Wildman–Crippen LogP) is 2.10. The lowest BCUT2D eigenvalue weighted by molar-refractivity contribution is -0.326. The molecule has 4 nitrogen and oxygen atoms in total. The van der Waals surface area contributed by atoms with Gasteiger partial charge in [0.1, 0.15) is 12.4 Å². The first-order valence-corrected chi connectivity index (χ1v) is 4.72. The van der Waals surface area contributed by atoms with Crippen LogP contribution in [0.5, 0.6) is 0 Å². The lowest BCUT2D eigenvalue weighted by atomic mass is 10.2. The Labute approximate surface area is 99.3 Å². The van der Waals surface area contributed by atoms with Gasteiger partial charge >= 0.3 is 12.3 Å². The minimum Gasteiger partial charge on any atom is -0.460 e. The van der Waals surface area contributed by atoms with Crippen LogP contribution < -0.4 is 5.73 Å². The number of hydrogen-bond acceptors (Lipinski definition) is 4. The van der Waals surface area contributed by atoms with Gasteiger partial charge in [0.25, 0.3) is 0 Å². The fraction of sp³-hybridized carbons (Fsp3) is 0.300. The van der Waals surface area contributed by atoms with Crippen LogP contribution in [0.15, 0.2) is 18.2 Å².